The van der Waals surface area contributed by atoms with Crippen LogP contribution >= 0.6 is 0 Å². The first-order valence-electron chi connectivity index (χ1n) is 2.70. The molecular formula is C6H11BSi. The Bertz CT molecular complexity index is 115. The maximum Gasteiger partial charge on any atom is 0.114 e. The highest BCUT2D eigenvalue weighted by Gasteiger charge is 2.05. The summed E-state index contributed by atoms with van der Waals surface area (Å²) in [7, 11) is 4.07. The summed E-state index contributed by atoms with van der Waals surface area (Å²) >= 11 is 0. The minimum absolute atomic E-state index is 1.03. The molecule has 2 heteroatoms. The molecule has 0 atom stereocenters. The van der Waals surface area contributed by atoms with E-state index in [0.717, 1.165) is 0 Å². The minimum atomic E-state index is -1.03. The van der Waals surface area contributed by atoms with Crippen molar-refractivity contribution >= 4 is 15.9 Å². The quantitative estimate of drug-likeness (QED) is 0.366. The van der Waals surface area contributed by atoms with Crippen LogP contribution in [0.5, 0.6) is 0 Å². The first-order chi connectivity index (χ1) is 3.56. The fourth-order valence-electron chi connectivity index (χ4n) is 0.298. The molecule has 0 aliphatic rings. The van der Waals surface area contributed by atoms with Gasteiger partial charge in [0.05, 0.1) is 8.07 Å². The van der Waals surface area contributed by atoms with Crippen LogP contribution in [0.1, 0.15) is 0 Å². The van der Waals surface area contributed by atoms with Gasteiger partial charge in [0.25, 0.3) is 0 Å². The molecule has 0 aromatic rings. The second-order valence-electron chi connectivity index (χ2n) is 2.84. The van der Waals surface area contributed by atoms with Crippen LogP contribution in [0.25, 0.3) is 0 Å². The fraction of sp³-hybridized carbons (Fsp3) is 0.500. The van der Waals surface area contributed by atoms with Gasteiger partial charge < -0.3 is 0 Å². The fourth-order valence-corrected chi connectivity index (χ4v) is 0.894. The SMILES string of the molecule is [B]C=C=C[Si](C)(C)C. The molecule has 0 aromatic carbocycles. The van der Waals surface area contributed by atoms with Crippen molar-refractivity contribution in [2.24, 2.45) is 0 Å². The molecule has 0 rings (SSSR count). The molecule has 0 N–H and O–H groups in total. The zero-order valence-corrected chi connectivity index (χ0v) is 6.73. The van der Waals surface area contributed by atoms with Gasteiger partial charge >= 0.3 is 0 Å². The molecule has 0 saturated carbocycles. The first kappa shape index (κ1) is 7.80. The van der Waals surface area contributed by atoms with Crippen LogP contribution in [0.4, 0.5) is 0 Å². The summed E-state index contributed by atoms with van der Waals surface area (Å²) in [5, 5.41) is 0. The monoisotopic (exact) mass is 122 g/mol. The van der Waals surface area contributed by atoms with E-state index in [4.69, 9.17) is 7.85 Å². The lowest BCUT2D eigenvalue weighted by atomic mass is 10.2. The summed E-state index contributed by atoms with van der Waals surface area (Å²) in [6.07, 6.45) is 0. The molecule has 0 amide bonds. The lowest BCUT2D eigenvalue weighted by Gasteiger charge is -2.04. The molecule has 0 aliphatic heterocycles. The molecule has 2 radical (unpaired) electrons. The standard InChI is InChI=1S/C6H11BSi/c1-8(2,3)6-4-5-7/h5-6H,1-3H3. The Morgan fingerprint density at radius 1 is 1.38 bits per heavy atom. The summed E-state index contributed by atoms with van der Waals surface area (Å²) in [6.45, 7) is 6.72. The number of hydrogen-bond donors (Lipinski definition) is 0. The third-order valence-electron chi connectivity index (χ3n) is 0.613. The Hall–Kier alpha value is -0.198. The van der Waals surface area contributed by atoms with Gasteiger partial charge in [-0.1, -0.05) is 31.3 Å². The van der Waals surface area contributed by atoms with Crippen molar-refractivity contribution < 1.29 is 0 Å². The van der Waals surface area contributed by atoms with Crippen LogP contribution in [-0.4, -0.2) is 15.9 Å². The maximum absolute atomic E-state index is 5.09. The Labute approximate surface area is 53.7 Å². The molecule has 0 heterocycles. The third-order valence-corrected chi connectivity index (χ3v) is 1.65. The second kappa shape index (κ2) is 2.96. The Morgan fingerprint density at radius 2 is 1.88 bits per heavy atom. The second-order valence-corrected chi connectivity index (χ2v) is 7.86. The molecule has 0 saturated heterocycles. The molecule has 0 aromatic heterocycles. The van der Waals surface area contributed by atoms with Gasteiger partial charge in [-0.15, -0.1) is 5.73 Å². The third kappa shape index (κ3) is 5.80. The van der Waals surface area contributed by atoms with Crippen LogP contribution in [0.2, 0.25) is 19.6 Å². The Morgan fingerprint density at radius 3 is 2.00 bits per heavy atom. The topological polar surface area (TPSA) is 0 Å². The highest BCUT2D eigenvalue weighted by Crippen LogP contribution is 1.99. The van der Waals surface area contributed by atoms with Crippen molar-refractivity contribution in [1.82, 2.24) is 0 Å². The van der Waals surface area contributed by atoms with Crippen LogP contribution in [0.15, 0.2) is 17.4 Å². The Balaban J connectivity index is 3.89. The van der Waals surface area contributed by atoms with Crippen LogP contribution in [0.3, 0.4) is 0 Å². The van der Waals surface area contributed by atoms with Gasteiger partial charge in [0, 0.05) is 0 Å². The predicted molar refractivity (Wildman–Crippen MR) is 41.8 cm³/mol. The number of hydrogen-bond acceptors (Lipinski definition) is 0. The van der Waals surface area contributed by atoms with Crippen molar-refractivity contribution in [2.45, 2.75) is 19.6 Å². The van der Waals surface area contributed by atoms with Gasteiger partial charge in [-0.05, 0) is 0 Å². The Kier molecular flexibility index (Phi) is 2.88. The average molecular weight is 122 g/mol. The average Bonchev–Trinajstić information content (AvgIpc) is 1.59. The van der Waals surface area contributed by atoms with E-state index in [1.54, 1.807) is 0 Å². The van der Waals surface area contributed by atoms with Crippen molar-refractivity contribution in [3.8, 4) is 0 Å². The van der Waals surface area contributed by atoms with E-state index in [1.165, 1.54) is 5.98 Å². The van der Waals surface area contributed by atoms with Gasteiger partial charge in [-0.2, -0.15) is 0 Å². The van der Waals surface area contributed by atoms with E-state index < -0.39 is 8.07 Å². The molecule has 0 unspecified atom stereocenters. The minimum Gasteiger partial charge on any atom is -0.145 e. The van der Waals surface area contributed by atoms with Gasteiger partial charge in [0.1, 0.15) is 7.85 Å². The van der Waals surface area contributed by atoms with Crippen LogP contribution in [0, 0.1) is 0 Å². The van der Waals surface area contributed by atoms with E-state index in [2.05, 4.69) is 31.1 Å². The summed E-state index contributed by atoms with van der Waals surface area (Å²) in [4.78, 5) is 0. The molecule has 0 fully saturated rings. The lowest BCUT2D eigenvalue weighted by molar-refractivity contribution is 1.77. The highest BCUT2D eigenvalue weighted by molar-refractivity contribution is 6.80. The normalized spacial score (nSPS) is 9.88. The zero-order chi connectivity index (χ0) is 6.62. The first-order valence-corrected chi connectivity index (χ1v) is 6.28. The molecule has 0 aliphatic carbocycles. The summed E-state index contributed by atoms with van der Waals surface area (Å²) in [5.41, 5.74) is 4.95. The zero-order valence-electron chi connectivity index (χ0n) is 5.73. The molecule has 0 nitrogen and oxygen atoms in total. The van der Waals surface area contributed by atoms with Crippen molar-refractivity contribution in [3.05, 3.63) is 17.4 Å². The predicted octanol–water partition coefficient (Wildman–Crippen LogP) is 1.70. The van der Waals surface area contributed by atoms with Crippen LogP contribution in [-0.2, 0) is 0 Å². The van der Waals surface area contributed by atoms with Gasteiger partial charge in [-0.3, -0.25) is 0 Å². The van der Waals surface area contributed by atoms with Crippen molar-refractivity contribution in [3.63, 3.8) is 0 Å². The van der Waals surface area contributed by atoms with E-state index in [1.807, 2.05) is 0 Å². The van der Waals surface area contributed by atoms with Crippen LogP contribution < -0.4 is 0 Å². The molecule has 0 spiro atoms. The van der Waals surface area contributed by atoms with Crippen molar-refractivity contribution in [2.75, 3.05) is 0 Å². The summed E-state index contributed by atoms with van der Waals surface area (Å²) < 4.78 is 0. The van der Waals surface area contributed by atoms with E-state index in [9.17, 15) is 0 Å². The van der Waals surface area contributed by atoms with Crippen molar-refractivity contribution in [1.29, 1.82) is 0 Å². The summed E-state index contributed by atoms with van der Waals surface area (Å²) in [5.74, 6) is 1.46. The van der Waals surface area contributed by atoms with Gasteiger partial charge in [0.15, 0.2) is 0 Å². The van der Waals surface area contributed by atoms with E-state index in [0.29, 0.717) is 0 Å². The summed E-state index contributed by atoms with van der Waals surface area (Å²) in [6, 6.07) is 0. The van der Waals surface area contributed by atoms with E-state index in [-0.39, 0.29) is 0 Å². The molecule has 8 heavy (non-hydrogen) atoms. The maximum atomic E-state index is 5.09. The largest absolute Gasteiger partial charge is 0.145 e. The molecular weight excluding hydrogens is 111 g/mol. The van der Waals surface area contributed by atoms with E-state index >= 15 is 0 Å². The smallest absolute Gasteiger partial charge is 0.114 e. The molecule has 0 bridgehead atoms. The highest BCUT2D eigenvalue weighted by atomic mass is 28.3. The molecule has 42 valence electrons. The van der Waals surface area contributed by atoms with Gasteiger partial charge in [0.2, 0.25) is 0 Å². The van der Waals surface area contributed by atoms with Gasteiger partial charge in [-0.25, -0.2) is 0 Å². The number of rotatable bonds is 1. The lowest BCUT2D eigenvalue weighted by Crippen LogP contribution is -2.14.